The predicted octanol–water partition coefficient (Wildman–Crippen LogP) is 3.77. The van der Waals surface area contributed by atoms with Gasteiger partial charge in [0.2, 0.25) is 0 Å². The van der Waals surface area contributed by atoms with Crippen molar-refractivity contribution >= 4 is 17.3 Å². The van der Waals surface area contributed by atoms with E-state index in [0.29, 0.717) is 16.9 Å². The molecule has 0 saturated heterocycles. The summed E-state index contributed by atoms with van der Waals surface area (Å²) in [5, 5.41) is 11.6. The first-order valence-electron chi connectivity index (χ1n) is 8.82. The molecule has 1 aromatic heterocycles. The normalized spacial score (nSPS) is 12.8. The molecule has 4 rings (SSSR count). The van der Waals surface area contributed by atoms with Crippen LogP contribution >= 0.6 is 0 Å². The first-order valence-corrected chi connectivity index (χ1v) is 8.82. The second-order valence-corrected chi connectivity index (χ2v) is 6.49. The van der Waals surface area contributed by atoms with Gasteiger partial charge in [0.15, 0.2) is 0 Å². The monoisotopic (exact) mass is 354 g/mol. The van der Waals surface area contributed by atoms with Gasteiger partial charge in [0.1, 0.15) is 5.69 Å². The molecule has 5 heteroatoms. The summed E-state index contributed by atoms with van der Waals surface area (Å²) < 4.78 is 0. The van der Waals surface area contributed by atoms with E-state index >= 15 is 0 Å². The summed E-state index contributed by atoms with van der Waals surface area (Å²) in [5.41, 5.74) is 5.31. The molecule has 0 atom stereocenters. The minimum absolute atomic E-state index is 0.268. The van der Waals surface area contributed by atoms with Crippen molar-refractivity contribution in [1.82, 2.24) is 4.98 Å². The number of aromatic nitrogens is 1. The summed E-state index contributed by atoms with van der Waals surface area (Å²) in [5.74, 6) is -0.268. The number of carbonyl (C=O) groups excluding carboxylic acids is 1. The predicted molar refractivity (Wildman–Crippen MR) is 105 cm³/mol. The van der Waals surface area contributed by atoms with Crippen molar-refractivity contribution in [2.45, 2.75) is 13.0 Å². The Morgan fingerprint density at radius 1 is 1.04 bits per heavy atom. The summed E-state index contributed by atoms with van der Waals surface area (Å²) in [6, 6.07) is 21.0. The van der Waals surface area contributed by atoms with Gasteiger partial charge >= 0.3 is 0 Å². The SMILES string of the molecule is N#Cc1ccc(NC(=O)c2ccc(N3CCc4ccccc4C3)cn2)cc1. The third-order valence-corrected chi connectivity index (χ3v) is 4.75. The molecule has 5 nitrogen and oxygen atoms in total. The molecule has 0 saturated carbocycles. The van der Waals surface area contributed by atoms with Gasteiger partial charge in [-0.2, -0.15) is 5.26 Å². The number of rotatable bonds is 3. The molecule has 0 bridgehead atoms. The number of anilines is 2. The molecule has 1 aliphatic rings. The van der Waals surface area contributed by atoms with Crippen LogP contribution in [0.25, 0.3) is 0 Å². The number of amides is 1. The second kappa shape index (κ2) is 7.30. The van der Waals surface area contributed by atoms with E-state index < -0.39 is 0 Å². The van der Waals surface area contributed by atoms with Gasteiger partial charge in [0.25, 0.3) is 5.91 Å². The molecule has 0 unspecified atom stereocenters. The Hall–Kier alpha value is -3.65. The van der Waals surface area contributed by atoms with E-state index in [2.05, 4.69) is 45.5 Å². The highest BCUT2D eigenvalue weighted by atomic mass is 16.1. The Morgan fingerprint density at radius 2 is 1.81 bits per heavy atom. The van der Waals surface area contributed by atoms with Crippen LogP contribution in [-0.2, 0) is 13.0 Å². The zero-order valence-electron chi connectivity index (χ0n) is 14.7. The number of benzene rings is 2. The molecule has 0 spiro atoms. The quantitative estimate of drug-likeness (QED) is 0.777. The average molecular weight is 354 g/mol. The maximum atomic E-state index is 12.4. The molecule has 0 aliphatic carbocycles. The van der Waals surface area contributed by atoms with Crippen molar-refractivity contribution in [1.29, 1.82) is 5.26 Å². The van der Waals surface area contributed by atoms with Crippen LogP contribution in [0.1, 0.15) is 27.2 Å². The number of nitrogens with zero attached hydrogens (tertiary/aromatic N) is 3. The molecule has 0 fully saturated rings. The molecular weight excluding hydrogens is 336 g/mol. The molecule has 1 aliphatic heterocycles. The van der Waals surface area contributed by atoms with Crippen LogP contribution in [-0.4, -0.2) is 17.4 Å². The fourth-order valence-electron chi connectivity index (χ4n) is 3.25. The zero-order valence-corrected chi connectivity index (χ0v) is 14.7. The Bertz CT molecular complexity index is 1000. The Balaban J connectivity index is 1.44. The summed E-state index contributed by atoms with van der Waals surface area (Å²) in [6.45, 7) is 1.80. The van der Waals surface area contributed by atoms with Crippen molar-refractivity contribution in [3.8, 4) is 6.07 Å². The lowest BCUT2D eigenvalue weighted by molar-refractivity contribution is 0.102. The Labute approximate surface area is 157 Å². The molecule has 2 heterocycles. The number of fused-ring (bicyclic) bond motifs is 1. The van der Waals surface area contributed by atoms with Gasteiger partial charge in [-0.3, -0.25) is 4.79 Å². The Morgan fingerprint density at radius 3 is 2.52 bits per heavy atom. The van der Waals surface area contributed by atoms with Gasteiger partial charge in [0.05, 0.1) is 23.5 Å². The van der Waals surface area contributed by atoms with Crippen molar-refractivity contribution in [3.05, 3.63) is 89.2 Å². The molecule has 1 N–H and O–H groups in total. The van der Waals surface area contributed by atoms with Gasteiger partial charge in [-0.05, 0) is 53.9 Å². The zero-order chi connectivity index (χ0) is 18.6. The summed E-state index contributed by atoms with van der Waals surface area (Å²) in [4.78, 5) is 19.0. The number of nitrogens with one attached hydrogen (secondary N) is 1. The standard InChI is InChI=1S/C22H18N4O/c23-13-16-5-7-19(8-6-16)25-22(27)21-10-9-20(14-24-21)26-12-11-17-3-1-2-4-18(17)15-26/h1-10,14H,11-12,15H2,(H,25,27). The van der Waals surface area contributed by atoms with Crippen molar-refractivity contribution < 1.29 is 4.79 Å². The van der Waals surface area contributed by atoms with Crippen LogP contribution in [0.4, 0.5) is 11.4 Å². The summed E-state index contributed by atoms with van der Waals surface area (Å²) >= 11 is 0. The first-order chi connectivity index (χ1) is 13.2. The van der Waals surface area contributed by atoms with E-state index in [-0.39, 0.29) is 5.91 Å². The number of hydrogen-bond acceptors (Lipinski definition) is 4. The van der Waals surface area contributed by atoms with Crippen LogP contribution < -0.4 is 10.2 Å². The maximum Gasteiger partial charge on any atom is 0.274 e. The lowest BCUT2D eigenvalue weighted by Crippen LogP contribution is -2.30. The molecule has 2 aromatic carbocycles. The third-order valence-electron chi connectivity index (χ3n) is 4.75. The van der Waals surface area contributed by atoms with Gasteiger partial charge in [-0.15, -0.1) is 0 Å². The van der Waals surface area contributed by atoms with Gasteiger partial charge < -0.3 is 10.2 Å². The average Bonchev–Trinajstić information content (AvgIpc) is 2.74. The molecule has 0 radical (unpaired) electrons. The van der Waals surface area contributed by atoms with E-state index in [4.69, 9.17) is 5.26 Å². The fraction of sp³-hybridized carbons (Fsp3) is 0.136. The van der Waals surface area contributed by atoms with Crippen LogP contribution in [0.2, 0.25) is 0 Å². The number of pyridine rings is 1. The minimum atomic E-state index is -0.268. The van der Waals surface area contributed by atoms with Gasteiger partial charge in [-0.1, -0.05) is 24.3 Å². The summed E-state index contributed by atoms with van der Waals surface area (Å²) in [7, 11) is 0. The summed E-state index contributed by atoms with van der Waals surface area (Å²) in [6.07, 6.45) is 2.76. The lowest BCUT2D eigenvalue weighted by atomic mass is 10.00. The number of nitriles is 1. The fourth-order valence-corrected chi connectivity index (χ4v) is 3.25. The van der Waals surface area contributed by atoms with Crippen molar-refractivity contribution in [3.63, 3.8) is 0 Å². The second-order valence-electron chi connectivity index (χ2n) is 6.49. The highest BCUT2D eigenvalue weighted by Gasteiger charge is 2.17. The van der Waals surface area contributed by atoms with Crippen LogP contribution in [0, 0.1) is 11.3 Å². The van der Waals surface area contributed by atoms with Crippen LogP contribution in [0.5, 0.6) is 0 Å². The smallest absolute Gasteiger partial charge is 0.274 e. The minimum Gasteiger partial charge on any atom is -0.366 e. The Kier molecular flexibility index (Phi) is 4.54. The molecule has 1 amide bonds. The van der Waals surface area contributed by atoms with E-state index in [1.165, 1.54) is 11.1 Å². The number of hydrogen-bond donors (Lipinski definition) is 1. The van der Waals surface area contributed by atoms with Gasteiger partial charge in [0, 0.05) is 18.8 Å². The van der Waals surface area contributed by atoms with E-state index in [9.17, 15) is 4.79 Å². The molecule has 132 valence electrons. The van der Waals surface area contributed by atoms with Gasteiger partial charge in [-0.25, -0.2) is 4.98 Å². The molecule has 27 heavy (non-hydrogen) atoms. The number of carbonyl (C=O) groups is 1. The van der Waals surface area contributed by atoms with Crippen molar-refractivity contribution in [2.75, 3.05) is 16.8 Å². The molecular formula is C22H18N4O. The maximum absolute atomic E-state index is 12.4. The first kappa shape index (κ1) is 16.8. The van der Waals surface area contributed by atoms with Crippen molar-refractivity contribution in [2.24, 2.45) is 0 Å². The largest absolute Gasteiger partial charge is 0.366 e. The lowest BCUT2D eigenvalue weighted by Gasteiger charge is -2.30. The van der Waals surface area contributed by atoms with E-state index in [1.807, 2.05) is 6.07 Å². The van der Waals surface area contributed by atoms with E-state index in [0.717, 1.165) is 25.2 Å². The third kappa shape index (κ3) is 3.65. The van der Waals surface area contributed by atoms with Crippen LogP contribution in [0.15, 0.2) is 66.9 Å². The highest BCUT2D eigenvalue weighted by Crippen LogP contribution is 2.24. The van der Waals surface area contributed by atoms with Crippen LogP contribution in [0.3, 0.4) is 0 Å². The molecule has 3 aromatic rings. The highest BCUT2D eigenvalue weighted by molar-refractivity contribution is 6.02. The van der Waals surface area contributed by atoms with E-state index in [1.54, 1.807) is 36.5 Å². The topological polar surface area (TPSA) is 69.0 Å².